The summed E-state index contributed by atoms with van der Waals surface area (Å²) in [5, 5.41) is 8.74. The molecule has 3 aromatic rings. The number of rotatable bonds is 2. The molecular weight excluding hydrogens is 676 g/mol. The molecule has 0 aliphatic carbocycles. The van der Waals surface area contributed by atoms with E-state index in [1.807, 2.05) is 0 Å². The molecule has 0 aliphatic heterocycles. The average molecular weight is 700 g/mol. The van der Waals surface area contributed by atoms with Crippen molar-refractivity contribution in [2.24, 2.45) is 0 Å². The smallest absolute Gasteiger partial charge is 0.224 e. The summed E-state index contributed by atoms with van der Waals surface area (Å²) in [7, 11) is 0. The van der Waals surface area contributed by atoms with Crippen molar-refractivity contribution in [3.8, 4) is 22.9 Å². The van der Waals surface area contributed by atoms with Crippen molar-refractivity contribution in [3.63, 3.8) is 0 Å². The van der Waals surface area contributed by atoms with Gasteiger partial charge < -0.3 is 4.42 Å². The number of aryl methyl sites for hydroxylation is 4. The quantitative estimate of drug-likeness (QED) is 0.334. The van der Waals surface area contributed by atoms with Gasteiger partial charge in [0.25, 0.3) is 0 Å². The van der Waals surface area contributed by atoms with Crippen LogP contribution in [0.2, 0.25) is 0 Å². The van der Waals surface area contributed by atoms with Gasteiger partial charge in [-0.1, -0.05) is 66.5 Å². The van der Waals surface area contributed by atoms with Crippen molar-refractivity contribution in [2.45, 2.75) is 55.4 Å². The first-order valence-electron chi connectivity index (χ1n) is 8.56. The minimum atomic E-state index is 0. The molecule has 0 radical (unpaired) electrons. The predicted octanol–water partition coefficient (Wildman–Crippen LogP) is 5.47. The summed E-state index contributed by atoms with van der Waals surface area (Å²) in [5.74, 6) is 1.15. The predicted molar refractivity (Wildman–Crippen MR) is 101 cm³/mol. The number of hydrogen-bond donors (Lipinski definition) is 0. The third-order valence-corrected chi connectivity index (χ3v) is 5.35. The molecule has 1 heterocycles. The maximum Gasteiger partial charge on any atom is 0.224 e. The minimum Gasteiger partial charge on any atom is -0.421 e. The Morgan fingerprint density at radius 1 is 0.519 bits per heavy atom. The van der Waals surface area contributed by atoms with Crippen molar-refractivity contribution in [1.29, 1.82) is 0 Å². The van der Waals surface area contributed by atoms with E-state index in [2.05, 4.69) is 77.7 Å². The van der Waals surface area contributed by atoms with Crippen LogP contribution in [0.25, 0.3) is 22.9 Å². The molecule has 1 aromatic heterocycles. The first-order chi connectivity index (χ1) is 11.7. The van der Waals surface area contributed by atoms with Crippen molar-refractivity contribution in [1.82, 2.24) is 10.2 Å². The molecular formula is C22H24N2OW2-2. The third kappa shape index (κ3) is 4.20. The van der Waals surface area contributed by atoms with Crippen LogP contribution < -0.4 is 0 Å². The average Bonchev–Trinajstić information content (AvgIpc) is 3.01. The van der Waals surface area contributed by atoms with Crippen molar-refractivity contribution in [2.75, 3.05) is 0 Å². The summed E-state index contributed by atoms with van der Waals surface area (Å²) in [6, 6.07) is 6.79. The van der Waals surface area contributed by atoms with E-state index < -0.39 is 0 Å². The van der Waals surface area contributed by atoms with Gasteiger partial charge in [0.15, 0.2) is 0 Å². The van der Waals surface area contributed by atoms with Gasteiger partial charge in [0, 0.05) is 42.1 Å². The van der Waals surface area contributed by atoms with Crippen LogP contribution in [-0.4, -0.2) is 10.2 Å². The molecule has 27 heavy (non-hydrogen) atoms. The second-order valence-corrected chi connectivity index (χ2v) is 6.91. The maximum absolute atomic E-state index is 6.15. The summed E-state index contributed by atoms with van der Waals surface area (Å²) in [6.07, 6.45) is 0. The topological polar surface area (TPSA) is 38.9 Å². The van der Waals surface area contributed by atoms with E-state index in [1.165, 1.54) is 0 Å². The second-order valence-electron chi connectivity index (χ2n) is 6.91. The van der Waals surface area contributed by atoms with Crippen LogP contribution in [0, 0.1) is 67.5 Å². The molecule has 0 unspecified atom stereocenters. The van der Waals surface area contributed by atoms with Crippen LogP contribution in [0.5, 0.6) is 0 Å². The van der Waals surface area contributed by atoms with Crippen LogP contribution in [0.4, 0.5) is 0 Å². The Labute approximate surface area is 190 Å². The van der Waals surface area contributed by atoms with E-state index in [4.69, 9.17) is 4.42 Å². The molecule has 0 aliphatic rings. The summed E-state index contributed by atoms with van der Waals surface area (Å²) < 4.78 is 6.15. The Bertz CT molecular complexity index is 860. The van der Waals surface area contributed by atoms with Gasteiger partial charge >= 0.3 is 0 Å². The molecule has 0 saturated heterocycles. The maximum atomic E-state index is 6.15. The Morgan fingerprint density at radius 2 is 0.778 bits per heavy atom. The van der Waals surface area contributed by atoms with E-state index >= 15 is 0 Å². The SMILES string of the molecule is Cc1[c-]c(C)c(C)c(-c2nnc(-c3c(C)c(C)[c-]c(C)c3C)o2)c1C.[W].[W]. The third-order valence-electron chi connectivity index (χ3n) is 5.35. The fourth-order valence-electron chi connectivity index (χ4n) is 3.32. The van der Waals surface area contributed by atoms with Crippen LogP contribution >= 0.6 is 0 Å². The summed E-state index contributed by atoms with van der Waals surface area (Å²) >= 11 is 0. The summed E-state index contributed by atoms with van der Waals surface area (Å²) in [6.45, 7) is 16.6. The monoisotopic (exact) mass is 700 g/mol. The molecule has 0 N–H and O–H groups in total. The molecule has 3 rings (SSSR count). The Hall–Kier alpha value is -1.04. The fourth-order valence-corrected chi connectivity index (χ4v) is 3.32. The standard InChI is InChI=1S/C22H24N2O.2W/c1-11-9-12(2)16(6)19(15(11)5)21-23-24-22(25-21)20-17(7)13(3)10-14(4)18(20)8;;/h1-8H3;;/q-2;;. The van der Waals surface area contributed by atoms with Gasteiger partial charge in [0.1, 0.15) is 0 Å². The van der Waals surface area contributed by atoms with Crippen molar-refractivity contribution in [3.05, 3.63) is 56.6 Å². The largest absolute Gasteiger partial charge is 0.421 e. The minimum absolute atomic E-state index is 0. The van der Waals surface area contributed by atoms with E-state index in [1.54, 1.807) is 0 Å². The van der Waals surface area contributed by atoms with E-state index in [-0.39, 0.29) is 42.1 Å². The molecule has 0 amide bonds. The molecule has 0 atom stereocenters. The van der Waals surface area contributed by atoms with Gasteiger partial charge in [-0.25, -0.2) is 0 Å². The Balaban J connectivity index is 0.00000182. The van der Waals surface area contributed by atoms with E-state index in [0.29, 0.717) is 11.8 Å². The van der Waals surface area contributed by atoms with Gasteiger partial charge in [0.05, 0.1) is 0 Å². The Kier molecular flexibility index (Phi) is 7.97. The normalized spacial score (nSPS) is 10.4. The molecule has 2 aromatic carbocycles. The Morgan fingerprint density at radius 3 is 1.04 bits per heavy atom. The molecule has 0 spiro atoms. The molecule has 142 valence electrons. The van der Waals surface area contributed by atoms with Gasteiger partial charge in [-0.3, -0.25) is 0 Å². The summed E-state index contributed by atoms with van der Waals surface area (Å²) in [4.78, 5) is 0. The number of aromatic nitrogens is 2. The van der Waals surface area contributed by atoms with Crippen molar-refractivity contribution >= 4 is 0 Å². The first-order valence-corrected chi connectivity index (χ1v) is 8.56. The molecule has 0 fully saturated rings. The first kappa shape index (κ1) is 24.0. The molecule has 0 bridgehead atoms. The number of benzene rings is 2. The molecule has 3 nitrogen and oxygen atoms in total. The zero-order valence-corrected chi connectivity index (χ0v) is 23.0. The zero-order chi connectivity index (χ0) is 18.5. The van der Waals surface area contributed by atoms with E-state index in [9.17, 15) is 0 Å². The van der Waals surface area contributed by atoms with Gasteiger partial charge in [0.2, 0.25) is 11.8 Å². The fraction of sp³-hybridized carbons (Fsp3) is 0.364. The van der Waals surface area contributed by atoms with Gasteiger partial charge in [-0.2, -0.15) is 34.4 Å². The second kappa shape index (κ2) is 8.97. The van der Waals surface area contributed by atoms with E-state index in [0.717, 1.165) is 55.6 Å². The zero-order valence-electron chi connectivity index (χ0n) is 17.1. The van der Waals surface area contributed by atoms with Crippen LogP contribution in [0.1, 0.15) is 44.5 Å². The van der Waals surface area contributed by atoms with Gasteiger partial charge in [-0.15, -0.1) is 32.5 Å². The molecule has 5 heteroatoms. The number of nitrogens with zero attached hydrogens (tertiary/aromatic N) is 2. The van der Waals surface area contributed by atoms with Crippen molar-refractivity contribution < 1.29 is 46.5 Å². The van der Waals surface area contributed by atoms with Crippen LogP contribution in [-0.2, 0) is 42.1 Å². The van der Waals surface area contributed by atoms with Crippen LogP contribution in [0.15, 0.2) is 4.42 Å². The van der Waals surface area contributed by atoms with Crippen LogP contribution in [0.3, 0.4) is 0 Å². The van der Waals surface area contributed by atoms with Gasteiger partial charge in [-0.05, 0) is 0 Å². The summed E-state index contributed by atoms with van der Waals surface area (Å²) in [5.41, 5.74) is 11.1. The molecule has 0 saturated carbocycles. The number of hydrogen-bond acceptors (Lipinski definition) is 3.